The number of thiazole rings is 1. The fraction of sp³-hybridized carbons (Fsp3) is 0.185. The van der Waals surface area contributed by atoms with E-state index < -0.39 is 23.7 Å². The van der Waals surface area contributed by atoms with Gasteiger partial charge in [-0.05, 0) is 50.1 Å². The van der Waals surface area contributed by atoms with Crippen LogP contribution in [0.3, 0.4) is 0 Å². The number of amides is 1. The molecule has 3 aromatic rings. The normalized spacial score (nSPS) is 16.8. The van der Waals surface area contributed by atoms with Crippen molar-refractivity contribution in [3.8, 4) is 0 Å². The highest BCUT2D eigenvalue weighted by atomic mass is 35.5. The monoisotopic (exact) mass is 556 g/mol. The van der Waals surface area contributed by atoms with Gasteiger partial charge in [0, 0.05) is 5.56 Å². The fourth-order valence-electron chi connectivity index (χ4n) is 4.04. The van der Waals surface area contributed by atoms with E-state index >= 15 is 0 Å². The molecule has 37 heavy (non-hydrogen) atoms. The lowest BCUT2D eigenvalue weighted by Crippen LogP contribution is -2.29. The first kappa shape index (κ1) is 26.6. The van der Waals surface area contributed by atoms with Gasteiger partial charge < -0.3 is 9.84 Å². The van der Waals surface area contributed by atoms with Crippen LogP contribution >= 0.6 is 34.5 Å². The molecule has 0 spiro atoms. The maximum atomic E-state index is 13.4. The number of Topliss-reactive ketones (excluding diaryl/α,β-unsaturated/α-hetero) is 1. The zero-order valence-corrected chi connectivity index (χ0v) is 22.5. The third-order valence-corrected chi connectivity index (χ3v) is 7.74. The van der Waals surface area contributed by atoms with E-state index in [-0.39, 0.29) is 38.0 Å². The highest BCUT2D eigenvalue weighted by Gasteiger charge is 2.48. The molecule has 4 rings (SSSR count). The van der Waals surface area contributed by atoms with Gasteiger partial charge in [0.1, 0.15) is 17.2 Å². The first-order chi connectivity index (χ1) is 17.5. The van der Waals surface area contributed by atoms with E-state index in [2.05, 4.69) is 11.6 Å². The lowest BCUT2D eigenvalue weighted by atomic mass is 9.93. The van der Waals surface area contributed by atoms with Crippen molar-refractivity contribution >= 4 is 63.1 Å². The van der Waals surface area contributed by atoms with Gasteiger partial charge >= 0.3 is 11.9 Å². The zero-order valence-electron chi connectivity index (χ0n) is 20.2. The molecule has 190 valence electrons. The average Bonchev–Trinajstić information content (AvgIpc) is 3.37. The number of benzene rings is 2. The molecule has 2 aromatic carbocycles. The van der Waals surface area contributed by atoms with Crippen molar-refractivity contribution in [1.82, 2.24) is 4.98 Å². The van der Waals surface area contributed by atoms with Gasteiger partial charge in [0.05, 0.1) is 27.4 Å². The number of esters is 1. The summed E-state index contributed by atoms with van der Waals surface area (Å²) < 4.78 is 5.13. The van der Waals surface area contributed by atoms with Crippen LogP contribution in [0.2, 0.25) is 10.0 Å². The minimum absolute atomic E-state index is 0.00907. The van der Waals surface area contributed by atoms with Crippen LogP contribution in [0, 0.1) is 20.8 Å². The van der Waals surface area contributed by atoms with Crippen LogP contribution in [-0.4, -0.2) is 34.4 Å². The topological polar surface area (TPSA) is 96.8 Å². The largest absolute Gasteiger partial charge is 0.507 e. The summed E-state index contributed by atoms with van der Waals surface area (Å²) in [6.45, 7) is 8.79. The van der Waals surface area contributed by atoms with Gasteiger partial charge in [0.15, 0.2) is 5.13 Å². The number of rotatable bonds is 6. The van der Waals surface area contributed by atoms with Gasteiger partial charge in [-0.2, -0.15) is 0 Å². The van der Waals surface area contributed by atoms with Crippen molar-refractivity contribution in [2.24, 2.45) is 0 Å². The third-order valence-electron chi connectivity index (χ3n) is 5.86. The van der Waals surface area contributed by atoms with Crippen LogP contribution in [0.5, 0.6) is 0 Å². The van der Waals surface area contributed by atoms with Gasteiger partial charge in [0.2, 0.25) is 0 Å². The number of hydrogen-bond acceptors (Lipinski definition) is 7. The minimum Gasteiger partial charge on any atom is -0.507 e. The molecule has 0 aliphatic carbocycles. The Balaban J connectivity index is 1.94. The van der Waals surface area contributed by atoms with Crippen molar-refractivity contribution in [3.63, 3.8) is 0 Å². The number of nitrogens with zero attached hydrogens (tertiary/aromatic N) is 2. The standard InChI is InChI=1S/C27H22Cl2N2O5S/c1-5-10-36-26(35)24-15(4)30-27(37-24)31-21(16-8-9-18(28)19(29)12-16)20(23(33)25(31)34)22(32)17-11-13(2)6-7-14(17)3/h5-9,11-12,21,32H,1,10H2,2-4H3/b22-20+. The van der Waals surface area contributed by atoms with Crippen LogP contribution in [0.1, 0.15) is 43.7 Å². The second-order valence-corrected chi connectivity index (χ2v) is 10.3. The Labute approximate surface area is 227 Å². The molecule has 1 aliphatic rings. The molecule has 0 saturated carbocycles. The SMILES string of the molecule is C=CCOC(=O)c1sc(N2C(=O)C(=O)/C(=C(/O)c3cc(C)ccc3C)C2c2ccc(Cl)c(Cl)c2)nc1C. The molecule has 10 heteroatoms. The van der Waals surface area contributed by atoms with Crippen LogP contribution < -0.4 is 4.90 Å². The average molecular weight is 557 g/mol. The first-order valence-electron chi connectivity index (χ1n) is 11.1. The summed E-state index contributed by atoms with van der Waals surface area (Å²) >= 11 is 13.3. The van der Waals surface area contributed by atoms with Crippen molar-refractivity contribution in [2.45, 2.75) is 26.8 Å². The zero-order chi connectivity index (χ0) is 27.0. The van der Waals surface area contributed by atoms with E-state index in [0.29, 0.717) is 16.8 Å². The molecule has 1 fully saturated rings. The van der Waals surface area contributed by atoms with Crippen LogP contribution in [0.25, 0.3) is 5.76 Å². The molecule has 1 unspecified atom stereocenters. The van der Waals surface area contributed by atoms with E-state index in [0.717, 1.165) is 22.5 Å². The smallest absolute Gasteiger partial charge is 0.350 e. The number of hydrogen-bond donors (Lipinski definition) is 1. The highest BCUT2D eigenvalue weighted by molar-refractivity contribution is 7.17. The Kier molecular flexibility index (Phi) is 7.54. The summed E-state index contributed by atoms with van der Waals surface area (Å²) in [4.78, 5) is 45.1. The van der Waals surface area contributed by atoms with Gasteiger partial charge in [0.25, 0.3) is 5.78 Å². The van der Waals surface area contributed by atoms with E-state index in [1.807, 2.05) is 19.1 Å². The second-order valence-electron chi connectivity index (χ2n) is 8.46. The maximum Gasteiger partial charge on any atom is 0.350 e. The number of ketones is 1. The van der Waals surface area contributed by atoms with E-state index in [1.54, 1.807) is 32.0 Å². The molecule has 1 amide bonds. The van der Waals surface area contributed by atoms with Crippen LogP contribution in [0.4, 0.5) is 5.13 Å². The Bertz CT molecular complexity index is 1490. The predicted octanol–water partition coefficient (Wildman–Crippen LogP) is 6.34. The van der Waals surface area contributed by atoms with Crippen molar-refractivity contribution in [2.75, 3.05) is 11.5 Å². The van der Waals surface area contributed by atoms with Gasteiger partial charge in [-0.25, -0.2) is 9.78 Å². The molecular formula is C27H22Cl2N2O5S. The summed E-state index contributed by atoms with van der Waals surface area (Å²) in [5.74, 6) is -2.74. The molecule has 1 aromatic heterocycles. The Hall–Kier alpha value is -3.46. The Morgan fingerprint density at radius 3 is 2.57 bits per heavy atom. The van der Waals surface area contributed by atoms with E-state index in [1.165, 1.54) is 17.0 Å². The number of halogens is 2. The summed E-state index contributed by atoms with van der Waals surface area (Å²) in [5, 5.41) is 12.0. The number of aryl methyl sites for hydroxylation is 3. The quantitative estimate of drug-likeness (QED) is 0.125. The number of aliphatic hydroxyl groups excluding tert-OH is 1. The first-order valence-corrected chi connectivity index (χ1v) is 12.7. The van der Waals surface area contributed by atoms with Crippen LogP contribution in [-0.2, 0) is 14.3 Å². The summed E-state index contributed by atoms with van der Waals surface area (Å²) in [6, 6.07) is 9.06. The summed E-state index contributed by atoms with van der Waals surface area (Å²) in [5.41, 5.74) is 2.65. The number of aliphatic hydroxyl groups is 1. The Morgan fingerprint density at radius 2 is 1.89 bits per heavy atom. The molecule has 2 heterocycles. The molecule has 7 nitrogen and oxygen atoms in total. The molecule has 0 radical (unpaired) electrons. The molecule has 1 aliphatic heterocycles. The van der Waals surface area contributed by atoms with E-state index in [4.69, 9.17) is 27.9 Å². The van der Waals surface area contributed by atoms with Crippen molar-refractivity contribution < 1.29 is 24.2 Å². The predicted molar refractivity (Wildman–Crippen MR) is 144 cm³/mol. The van der Waals surface area contributed by atoms with Gasteiger partial charge in [-0.15, -0.1) is 0 Å². The maximum absolute atomic E-state index is 13.4. The number of aromatic nitrogens is 1. The highest BCUT2D eigenvalue weighted by Crippen LogP contribution is 2.45. The van der Waals surface area contributed by atoms with Crippen molar-refractivity contribution in [1.29, 1.82) is 0 Å². The number of carbonyl (C=O) groups excluding carboxylic acids is 3. The third kappa shape index (κ3) is 4.92. The second kappa shape index (κ2) is 10.5. The fourth-order valence-corrected chi connectivity index (χ4v) is 5.33. The molecule has 1 saturated heterocycles. The lowest BCUT2D eigenvalue weighted by molar-refractivity contribution is -0.132. The lowest BCUT2D eigenvalue weighted by Gasteiger charge is -2.23. The summed E-state index contributed by atoms with van der Waals surface area (Å²) in [6.07, 6.45) is 1.44. The minimum atomic E-state index is -1.07. The van der Waals surface area contributed by atoms with Gasteiger partial charge in [-0.3, -0.25) is 14.5 Å². The number of anilines is 1. The Morgan fingerprint density at radius 1 is 1.16 bits per heavy atom. The number of carbonyl (C=O) groups is 3. The molecule has 0 bridgehead atoms. The molecular weight excluding hydrogens is 535 g/mol. The molecule has 1 atom stereocenters. The number of ether oxygens (including phenoxy) is 1. The summed E-state index contributed by atoms with van der Waals surface area (Å²) in [7, 11) is 0. The van der Waals surface area contributed by atoms with Crippen molar-refractivity contribution in [3.05, 3.63) is 97.5 Å². The van der Waals surface area contributed by atoms with E-state index in [9.17, 15) is 19.5 Å². The van der Waals surface area contributed by atoms with Gasteiger partial charge in [-0.1, -0.05) is 71.0 Å². The molecule has 1 N–H and O–H groups in total. The van der Waals surface area contributed by atoms with Crippen LogP contribution in [0.15, 0.2) is 54.6 Å².